The summed E-state index contributed by atoms with van der Waals surface area (Å²) < 4.78 is 17.7. The van der Waals surface area contributed by atoms with E-state index in [2.05, 4.69) is 0 Å². The van der Waals surface area contributed by atoms with E-state index >= 15 is 0 Å². The van der Waals surface area contributed by atoms with Gasteiger partial charge in [-0.2, -0.15) is 0 Å². The highest BCUT2D eigenvalue weighted by atomic mass is 35.5. The van der Waals surface area contributed by atoms with Crippen LogP contribution in [0.4, 0.5) is 4.39 Å². The fourth-order valence-corrected chi connectivity index (χ4v) is 1.34. The molecule has 0 amide bonds. The molecular weight excluding hydrogens is 207 g/mol. The van der Waals surface area contributed by atoms with E-state index in [1.807, 2.05) is 0 Å². The zero-order valence-electron chi connectivity index (χ0n) is 7.78. The van der Waals surface area contributed by atoms with Gasteiger partial charge in [-0.25, -0.2) is 4.39 Å². The second-order valence-corrected chi connectivity index (χ2v) is 3.55. The molecule has 2 unspecified atom stereocenters. The van der Waals surface area contributed by atoms with Crippen LogP contribution in [0.1, 0.15) is 13.3 Å². The van der Waals surface area contributed by atoms with Gasteiger partial charge in [-0.1, -0.05) is 11.6 Å². The smallest absolute Gasteiger partial charge is 0.174 e. The second-order valence-electron chi connectivity index (χ2n) is 3.07. The number of rotatable bonds is 4. The fourth-order valence-electron chi connectivity index (χ4n) is 0.977. The average Bonchev–Trinajstić information content (AvgIpc) is 2.07. The maximum absolute atomic E-state index is 12.5. The van der Waals surface area contributed by atoms with E-state index in [4.69, 9.17) is 21.4 Å². The Morgan fingerprint density at radius 2 is 2.00 bits per heavy atom. The third-order valence-corrected chi connectivity index (χ3v) is 1.87. The molecule has 0 aromatic heterocycles. The number of aliphatic hydroxyl groups is 1. The van der Waals surface area contributed by atoms with Crippen LogP contribution in [0.3, 0.4) is 0 Å². The molecule has 2 nitrogen and oxygen atoms in total. The molecule has 0 saturated carbocycles. The summed E-state index contributed by atoms with van der Waals surface area (Å²) in [6.07, 6.45) is -0.184. The largest absolute Gasteiger partial charge is 0.475 e. The van der Waals surface area contributed by atoms with Gasteiger partial charge in [0.15, 0.2) is 5.56 Å². The topological polar surface area (TPSA) is 29.5 Å². The Morgan fingerprint density at radius 3 is 2.50 bits per heavy atom. The molecule has 0 heterocycles. The first-order valence-electron chi connectivity index (χ1n) is 4.32. The molecule has 0 saturated heterocycles. The Morgan fingerprint density at radius 1 is 1.43 bits per heavy atom. The van der Waals surface area contributed by atoms with Crippen molar-refractivity contribution in [1.82, 2.24) is 0 Å². The summed E-state index contributed by atoms with van der Waals surface area (Å²) in [5.41, 5.74) is -0.597. The van der Waals surface area contributed by atoms with Gasteiger partial charge in [-0.3, -0.25) is 0 Å². The molecule has 4 heteroatoms. The Hall–Kier alpha value is -0.800. The van der Waals surface area contributed by atoms with Gasteiger partial charge < -0.3 is 9.84 Å². The highest BCUT2D eigenvalue weighted by Gasteiger charge is 2.09. The highest BCUT2D eigenvalue weighted by Crippen LogP contribution is 2.16. The Kier molecular flexibility index (Phi) is 4.17. The normalized spacial score (nSPS) is 14.9. The number of alkyl halides is 1. The Balaban J connectivity index is 2.47. The van der Waals surface area contributed by atoms with Crippen molar-refractivity contribution in [3.8, 4) is 5.75 Å². The lowest BCUT2D eigenvalue weighted by atomic mass is 10.3. The van der Waals surface area contributed by atoms with Gasteiger partial charge in [0, 0.05) is 6.42 Å². The maximum Gasteiger partial charge on any atom is 0.174 e. The number of aliphatic hydroxyl groups excluding tert-OH is 1. The molecule has 1 N–H and O–H groups in total. The maximum atomic E-state index is 12.5. The van der Waals surface area contributed by atoms with Crippen LogP contribution in [-0.2, 0) is 0 Å². The Bertz CT molecular complexity index is 274. The molecule has 0 spiro atoms. The van der Waals surface area contributed by atoms with E-state index in [0.29, 0.717) is 12.2 Å². The molecule has 0 aliphatic heterocycles. The summed E-state index contributed by atoms with van der Waals surface area (Å²) in [4.78, 5) is 0. The monoisotopic (exact) mass is 218 g/mol. The van der Waals surface area contributed by atoms with Gasteiger partial charge in [0.05, 0.1) is 6.10 Å². The zero-order valence-corrected chi connectivity index (χ0v) is 8.54. The summed E-state index contributed by atoms with van der Waals surface area (Å²) in [5.74, 6) is 0.172. The predicted octanol–water partition coefficient (Wildman–Crippen LogP) is 2.54. The van der Waals surface area contributed by atoms with Crippen molar-refractivity contribution in [1.29, 1.82) is 0 Å². The van der Waals surface area contributed by atoms with E-state index in [0.717, 1.165) is 0 Å². The van der Waals surface area contributed by atoms with Crippen molar-refractivity contribution in [2.24, 2.45) is 0 Å². The van der Waals surface area contributed by atoms with Crippen molar-refractivity contribution in [3.05, 3.63) is 30.1 Å². The quantitative estimate of drug-likeness (QED) is 0.787. The molecule has 0 radical (unpaired) electrons. The van der Waals surface area contributed by atoms with E-state index in [-0.39, 0.29) is 5.82 Å². The first-order valence-corrected chi connectivity index (χ1v) is 4.76. The molecule has 14 heavy (non-hydrogen) atoms. The number of hydrogen-bond donors (Lipinski definition) is 1. The van der Waals surface area contributed by atoms with Crippen molar-refractivity contribution >= 4 is 11.6 Å². The predicted molar refractivity (Wildman–Crippen MR) is 53.0 cm³/mol. The molecule has 0 bridgehead atoms. The minimum atomic E-state index is -0.597. The van der Waals surface area contributed by atoms with Crippen molar-refractivity contribution in [2.75, 3.05) is 0 Å². The fraction of sp³-hybridized carbons (Fsp3) is 0.400. The first kappa shape index (κ1) is 11.3. The van der Waals surface area contributed by atoms with Crippen LogP contribution >= 0.6 is 11.6 Å². The lowest BCUT2D eigenvalue weighted by Gasteiger charge is -2.13. The summed E-state index contributed by atoms with van der Waals surface area (Å²) >= 11 is 5.77. The first-order chi connectivity index (χ1) is 6.58. The number of ether oxygens (including phenoxy) is 1. The molecule has 2 atom stereocenters. The second kappa shape index (κ2) is 5.17. The zero-order chi connectivity index (χ0) is 10.6. The van der Waals surface area contributed by atoms with Gasteiger partial charge in [0.25, 0.3) is 0 Å². The van der Waals surface area contributed by atoms with Gasteiger partial charge in [-0.15, -0.1) is 0 Å². The Labute approximate surface area is 87.3 Å². The van der Waals surface area contributed by atoms with E-state index < -0.39 is 11.7 Å². The number of halogens is 2. The average molecular weight is 219 g/mol. The van der Waals surface area contributed by atoms with Gasteiger partial charge in [0.1, 0.15) is 11.6 Å². The molecule has 0 fully saturated rings. The summed E-state index contributed by atoms with van der Waals surface area (Å²) in [6, 6.07) is 5.57. The number of hydrogen-bond acceptors (Lipinski definition) is 2. The van der Waals surface area contributed by atoms with Crippen molar-refractivity contribution in [3.63, 3.8) is 0 Å². The molecule has 0 aliphatic carbocycles. The van der Waals surface area contributed by atoms with Crippen LogP contribution < -0.4 is 4.74 Å². The third kappa shape index (κ3) is 3.94. The standard InChI is InChI=1S/C10H12ClFO2/c1-7(13)6-10(11)14-9-4-2-8(12)3-5-9/h2-5,7,10,13H,6H2,1H3. The van der Waals surface area contributed by atoms with E-state index in [1.54, 1.807) is 6.92 Å². The molecule has 1 aromatic rings. The van der Waals surface area contributed by atoms with Crippen LogP contribution in [0.15, 0.2) is 24.3 Å². The SMILES string of the molecule is CC(O)CC(Cl)Oc1ccc(F)cc1. The molecule has 0 aliphatic rings. The van der Waals surface area contributed by atoms with Gasteiger partial charge >= 0.3 is 0 Å². The van der Waals surface area contributed by atoms with Crippen LogP contribution in [-0.4, -0.2) is 16.8 Å². The summed E-state index contributed by atoms with van der Waals surface area (Å²) in [5, 5.41) is 9.02. The minimum absolute atomic E-state index is 0.320. The van der Waals surface area contributed by atoms with Crippen LogP contribution in [0.5, 0.6) is 5.75 Å². The minimum Gasteiger partial charge on any atom is -0.475 e. The van der Waals surface area contributed by atoms with Crippen LogP contribution in [0.25, 0.3) is 0 Å². The van der Waals surface area contributed by atoms with Gasteiger partial charge in [-0.05, 0) is 31.2 Å². The molecule has 1 aromatic carbocycles. The lowest BCUT2D eigenvalue weighted by Crippen LogP contribution is -2.15. The molecular formula is C10H12ClFO2. The lowest BCUT2D eigenvalue weighted by molar-refractivity contribution is 0.141. The van der Waals surface area contributed by atoms with E-state index in [9.17, 15) is 4.39 Å². The third-order valence-electron chi connectivity index (χ3n) is 1.60. The summed E-state index contributed by atoms with van der Waals surface area (Å²) in [6.45, 7) is 1.63. The van der Waals surface area contributed by atoms with E-state index in [1.165, 1.54) is 24.3 Å². The summed E-state index contributed by atoms with van der Waals surface area (Å²) in [7, 11) is 0. The van der Waals surface area contributed by atoms with Crippen molar-refractivity contribution < 1.29 is 14.2 Å². The highest BCUT2D eigenvalue weighted by molar-refractivity contribution is 6.19. The number of benzene rings is 1. The van der Waals surface area contributed by atoms with Crippen LogP contribution in [0, 0.1) is 5.82 Å². The molecule has 78 valence electrons. The van der Waals surface area contributed by atoms with Gasteiger partial charge in [0.2, 0.25) is 0 Å². The molecule has 1 rings (SSSR count). The van der Waals surface area contributed by atoms with Crippen molar-refractivity contribution in [2.45, 2.75) is 25.0 Å². The van der Waals surface area contributed by atoms with Crippen LogP contribution in [0.2, 0.25) is 0 Å².